The summed E-state index contributed by atoms with van der Waals surface area (Å²) in [6.07, 6.45) is 2.25. The molecule has 1 aromatic heterocycles. The quantitative estimate of drug-likeness (QED) is 0.791. The standard InChI is InChI=1S/C14H15BrN2O3/c15-11-3-4-13-10(7-11)8-12(9-17-13)20-6-2-1-5-16-14(18)19/h3-4,7-9,16H,1-2,5-6H2,(H,18,19). The Labute approximate surface area is 125 Å². The Hall–Kier alpha value is -1.82. The molecule has 0 saturated heterocycles. The van der Waals surface area contributed by atoms with E-state index in [9.17, 15) is 4.79 Å². The molecule has 1 amide bonds. The molecular formula is C14H15BrN2O3. The summed E-state index contributed by atoms with van der Waals surface area (Å²) >= 11 is 3.43. The van der Waals surface area contributed by atoms with Gasteiger partial charge in [0, 0.05) is 16.4 Å². The average molecular weight is 339 g/mol. The molecule has 5 nitrogen and oxygen atoms in total. The minimum atomic E-state index is -0.991. The number of halogens is 1. The zero-order chi connectivity index (χ0) is 14.4. The van der Waals surface area contributed by atoms with Crippen LogP contribution in [0.25, 0.3) is 10.9 Å². The Morgan fingerprint density at radius 1 is 1.35 bits per heavy atom. The Morgan fingerprint density at radius 2 is 2.20 bits per heavy atom. The minimum Gasteiger partial charge on any atom is -0.492 e. The molecule has 2 rings (SSSR count). The van der Waals surface area contributed by atoms with E-state index in [2.05, 4.69) is 26.2 Å². The maximum Gasteiger partial charge on any atom is 0.404 e. The molecule has 20 heavy (non-hydrogen) atoms. The van der Waals surface area contributed by atoms with Gasteiger partial charge in [0.2, 0.25) is 0 Å². The highest BCUT2D eigenvalue weighted by molar-refractivity contribution is 9.10. The summed E-state index contributed by atoms with van der Waals surface area (Å²) in [5, 5.41) is 11.8. The van der Waals surface area contributed by atoms with E-state index in [1.165, 1.54) is 0 Å². The Bertz CT molecular complexity index is 604. The molecule has 6 heteroatoms. The van der Waals surface area contributed by atoms with Crippen LogP contribution in [0.3, 0.4) is 0 Å². The summed E-state index contributed by atoms with van der Waals surface area (Å²) in [7, 11) is 0. The predicted octanol–water partition coefficient (Wildman–Crippen LogP) is 3.42. The second kappa shape index (κ2) is 7.09. The van der Waals surface area contributed by atoms with Crippen LogP contribution in [0.2, 0.25) is 0 Å². The van der Waals surface area contributed by atoms with Gasteiger partial charge in [-0.2, -0.15) is 0 Å². The maximum absolute atomic E-state index is 10.3. The molecule has 0 atom stereocenters. The van der Waals surface area contributed by atoms with E-state index in [1.54, 1.807) is 6.20 Å². The monoisotopic (exact) mass is 338 g/mol. The smallest absolute Gasteiger partial charge is 0.404 e. The lowest BCUT2D eigenvalue weighted by Gasteiger charge is -2.07. The third kappa shape index (κ3) is 4.38. The summed E-state index contributed by atoms with van der Waals surface area (Å²) in [6, 6.07) is 7.83. The average Bonchev–Trinajstić information content (AvgIpc) is 2.42. The summed E-state index contributed by atoms with van der Waals surface area (Å²) in [5.41, 5.74) is 0.922. The number of fused-ring (bicyclic) bond motifs is 1. The first-order chi connectivity index (χ1) is 9.65. The van der Waals surface area contributed by atoms with Gasteiger partial charge >= 0.3 is 6.09 Å². The number of aromatic nitrogens is 1. The van der Waals surface area contributed by atoms with Crippen molar-refractivity contribution < 1.29 is 14.6 Å². The molecule has 0 aliphatic carbocycles. The summed E-state index contributed by atoms with van der Waals surface area (Å²) in [5.74, 6) is 0.724. The van der Waals surface area contributed by atoms with Gasteiger partial charge < -0.3 is 15.2 Å². The highest BCUT2D eigenvalue weighted by Gasteiger charge is 2.00. The van der Waals surface area contributed by atoms with Crippen molar-refractivity contribution in [2.75, 3.05) is 13.2 Å². The first kappa shape index (κ1) is 14.6. The third-order valence-electron chi connectivity index (χ3n) is 2.73. The SMILES string of the molecule is O=C(O)NCCCCOc1cnc2ccc(Br)cc2c1. The molecule has 0 saturated carbocycles. The van der Waals surface area contributed by atoms with Crippen LogP contribution in [0.4, 0.5) is 4.79 Å². The number of hydrogen-bond donors (Lipinski definition) is 2. The van der Waals surface area contributed by atoms with Crippen molar-refractivity contribution in [1.29, 1.82) is 0 Å². The fourth-order valence-electron chi connectivity index (χ4n) is 1.77. The van der Waals surface area contributed by atoms with Crippen LogP contribution in [-0.2, 0) is 0 Å². The van der Waals surface area contributed by atoms with Gasteiger partial charge in [-0.15, -0.1) is 0 Å². The summed E-state index contributed by atoms with van der Waals surface area (Å²) in [4.78, 5) is 14.6. The molecule has 1 aromatic carbocycles. The number of amides is 1. The fourth-order valence-corrected chi connectivity index (χ4v) is 2.15. The number of unbranched alkanes of at least 4 members (excludes halogenated alkanes) is 1. The molecule has 0 aliphatic rings. The number of nitrogens with one attached hydrogen (secondary N) is 1. The van der Waals surface area contributed by atoms with Crippen molar-refractivity contribution >= 4 is 32.9 Å². The van der Waals surface area contributed by atoms with Crippen LogP contribution < -0.4 is 10.1 Å². The molecule has 0 fully saturated rings. The van der Waals surface area contributed by atoms with Crippen LogP contribution in [0.1, 0.15) is 12.8 Å². The van der Waals surface area contributed by atoms with Gasteiger partial charge in [0.15, 0.2) is 0 Å². The van der Waals surface area contributed by atoms with E-state index < -0.39 is 6.09 Å². The Balaban J connectivity index is 1.82. The number of nitrogens with zero attached hydrogens (tertiary/aromatic N) is 1. The van der Waals surface area contributed by atoms with Gasteiger partial charge in [0.1, 0.15) is 5.75 Å². The first-order valence-electron chi connectivity index (χ1n) is 6.30. The molecule has 106 valence electrons. The van der Waals surface area contributed by atoms with Crippen LogP contribution in [0, 0.1) is 0 Å². The lowest BCUT2D eigenvalue weighted by Crippen LogP contribution is -2.22. The van der Waals surface area contributed by atoms with Crippen molar-refractivity contribution in [2.45, 2.75) is 12.8 Å². The number of benzene rings is 1. The van der Waals surface area contributed by atoms with E-state index in [4.69, 9.17) is 9.84 Å². The van der Waals surface area contributed by atoms with Gasteiger partial charge in [-0.1, -0.05) is 15.9 Å². The second-order valence-electron chi connectivity index (χ2n) is 4.30. The summed E-state index contributed by atoms with van der Waals surface area (Å²) in [6.45, 7) is 0.990. The fraction of sp³-hybridized carbons (Fsp3) is 0.286. The second-order valence-corrected chi connectivity index (χ2v) is 5.21. The van der Waals surface area contributed by atoms with Gasteiger partial charge in [0.25, 0.3) is 0 Å². The normalized spacial score (nSPS) is 10.4. The maximum atomic E-state index is 10.3. The predicted molar refractivity (Wildman–Crippen MR) is 80.2 cm³/mol. The summed E-state index contributed by atoms with van der Waals surface area (Å²) < 4.78 is 6.61. The zero-order valence-electron chi connectivity index (χ0n) is 10.8. The van der Waals surface area contributed by atoms with Gasteiger partial charge in [-0.25, -0.2) is 4.79 Å². The molecule has 2 aromatic rings. The van der Waals surface area contributed by atoms with E-state index in [0.717, 1.165) is 34.0 Å². The van der Waals surface area contributed by atoms with Crippen molar-refractivity contribution in [3.8, 4) is 5.75 Å². The molecule has 1 heterocycles. The van der Waals surface area contributed by atoms with E-state index in [0.29, 0.717) is 13.2 Å². The van der Waals surface area contributed by atoms with Crippen molar-refractivity contribution in [1.82, 2.24) is 10.3 Å². The van der Waals surface area contributed by atoms with Gasteiger partial charge in [0.05, 0.1) is 18.3 Å². The lowest BCUT2D eigenvalue weighted by atomic mass is 10.2. The molecular weight excluding hydrogens is 324 g/mol. The highest BCUT2D eigenvalue weighted by Crippen LogP contribution is 2.22. The van der Waals surface area contributed by atoms with E-state index in [1.807, 2.05) is 24.3 Å². The van der Waals surface area contributed by atoms with Crippen LogP contribution >= 0.6 is 15.9 Å². The topological polar surface area (TPSA) is 71.5 Å². The van der Waals surface area contributed by atoms with Crippen molar-refractivity contribution in [3.63, 3.8) is 0 Å². The van der Waals surface area contributed by atoms with Crippen LogP contribution in [0.5, 0.6) is 5.75 Å². The molecule has 0 unspecified atom stereocenters. The zero-order valence-corrected chi connectivity index (χ0v) is 12.4. The largest absolute Gasteiger partial charge is 0.492 e. The molecule has 0 spiro atoms. The van der Waals surface area contributed by atoms with Crippen LogP contribution in [-0.4, -0.2) is 29.3 Å². The Morgan fingerprint density at radius 3 is 3.00 bits per heavy atom. The van der Waals surface area contributed by atoms with Crippen LogP contribution in [0.15, 0.2) is 34.9 Å². The van der Waals surface area contributed by atoms with Crippen molar-refractivity contribution in [2.24, 2.45) is 0 Å². The number of hydrogen-bond acceptors (Lipinski definition) is 3. The third-order valence-corrected chi connectivity index (χ3v) is 3.23. The van der Waals surface area contributed by atoms with Gasteiger partial charge in [-0.3, -0.25) is 4.98 Å². The number of carbonyl (C=O) groups is 1. The highest BCUT2D eigenvalue weighted by atomic mass is 79.9. The molecule has 0 aliphatic heterocycles. The van der Waals surface area contributed by atoms with Gasteiger partial charge in [-0.05, 0) is 37.1 Å². The first-order valence-corrected chi connectivity index (χ1v) is 7.09. The van der Waals surface area contributed by atoms with E-state index in [-0.39, 0.29) is 0 Å². The molecule has 2 N–H and O–H groups in total. The Kier molecular flexibility index (Phi) is 5.17. The van der Waals surface area contributed by atoms with E-state index >= 15 is 0 Å². The number of carboxylic acid groups (broad SMARTS) is 1. The number of ether oxygens (including phenoxy) is 1. The minimum absolute atomic E-state index is 0.446. The number of pyridine rings is 1. The molecule has 0 radical (unpaired) electrons. The lowest BCUT2D eigenvalue weighted by molar-refractivity contribution is 0.194. The van der Waals surface area contributed by atoms with Crippen molar-refractivity contribution in [3.05, 3.63) is 34.9 Å². The number of rotatable bonds is 6. The molecule has 0 bridgehead atoms.